The summed E-state index contributed by atoms with van der Waals surface area (Å²) in [6, 6.07) is 0. The topological polar surface area (TPSA) is 88.3 Å². The van der Waals surface area contributed by atoms with Crippen molar-refractivity contribution >= 4 is 11.9 Å². The molecule has 1 heterocycles. The highest BCUT2D eigenvalue weighted by Gasteiger charge is 2.33. The van der Waals surface area contributed by atoms with Crippen molar-refractivity contribution in [2.45, 2.75) is 52.0 Å². The van der Waals surface area contributed by atoms with E-state index in [4.69, 9.17) is 5.11 Å². The number of hydrogen-bond acceptors (Lipinski definition) is 4. The van der Waals surface area contributed by atoms with Crippen LogP contribution in [0, 0.1) is 0 Å². The molecule has 0 spiro atoms. The zero-order valence-corrected chi connectivity index (χ0v) is 12.6. The number of carboxylic acids is 1. The van der Waals surface area contributed by atoms with Gasteiger partial charge < -0.3 is 10.0 Å². The van der Waals surface area contributed by atoms with Gasteiger partial charge in [0.2, 0.25) is 5.91 Å². The fraction of sp³-hybridized carbons (Fsp3) is 0.714. The molecule has 0 aromatic carbocycles. The molecule has 0 bridgehead atoms. The first-order valence-corrected chi connectivity index (χ1v) is 7.52. The Morgan fingerprint density at radius 2 is 2.00 bits per heavy atom. The summed E-state index contributed by atoms with van der Waals surface area (Å²) in [5.41, 5.74) is 0.783. The van der Waals surface area contributed by atoms with Gasteiger partial charge >= 0.3 is 5.97 Å². The third-order valence-corrected chi connectivity index (χ3v) is 3.82. The highest BCUT2D eigenvalue weighted by Crippen LogP contribution is 2.41. The van der Waals surface area contributed by atoms with Crippen molar-refractivity contribution in [1.29, 1.82) is 0 Å². The molecule has 7 heteroatoms. The van der Waals surface area contributed by atoms with Crippen LogP contribution < -0.4 is 0 Å². The fourth-order valence-corrected chi connectivity index (χ4v) is 2.51. The van der Waals surface area contributed by atoms with Gasteiger partial charge in [-0.2, -0.15) is 0 Å². The largest absolute Gasteiger partial charge is 0.476 e. The minimum absolute atomic E-state index is 0.0626. The third-order valence-electron chi connectivity index (χ3n) is 3.82. The first-order valence-electron chi connectivity index (χ1n) is 7.52. The molecule has 1 N–H and O–H groups in total. The maximum Gasteiger partial charge on any atom is 0.358 e. The Labute approximate surface area is 123 Å². The second kappa shape index (κ2) is 6.69. The molecule has 0 atom stereocenters. The molecule has 21 heavy (non-hydrogen) atoms. The third kappa shape index (κ3) is 3.59. The molecule has 0 unspecified atom stereocenters. The number of aryl methyl sites for hydroxylation is 1. The van der Waals surface area contributed by atoms with Crippen molar-refractivity contribution in [2.75, 3.05) is 13.1 Å². The predicted molar refractivity (Wildman–Crippen MR) is 76.1 cm³/mol. The number of aromatic nitrogens is 3. The van der Waals surface area contributed by atoms with E-state index in [1.165, 1.54) is 0 Å². The zero-order chi connectivity index (χ0) is 15.4. The average molecular weight is 294 g/mol. The van der Waals surface area contributed by atoms with Gasteiger partial charge in [0.1, 0.15) is 0 Å². The Bertz CT molecular complexity index is 518. The maximum absolute atomic E-state index is 11.9. The summed E-state index contributed by atoms with van der Waals surface area (Å²) in [4.78, 5) is 24.9. The molecule has 0 aliphatic heterocycles. The summed E-state index contributed by atoms with van der Waals surface area (Å²) in [5, 5.41) is 16.8. The monoisotopic (exact) mass is 294 g/mol. The van der Waals surface area contributed by atoms with Crippen LogP contribution in [0.15, 0.2) is 0 Å². The second-order valence-corrected chi connectivity index (χ2v) is 5.30. The van der Waals surface area contributed by atoms with Crippen LogP contribution in [-0.2, 0) is 11.3 Å². The lowest BCUT2D eigenvalue weighted by Gasteiger charge is -2.18. The molecule has 1 aliphatic rings. The quantitative estimate of drug-likeness (QED) is 0.785. The number of nitrogens with zero attached hydrogens (tertiary/aromatic N) is 4. The summed E-state index contributed by atoms with van der Waals surface area (Å²) in [5.74, 6) is -0.626. The molecule has 1 aromatic rings. The van der Waals surface area contributed by atoms with E-state index in [0.29, 0.717) is 19.4 Å². The van der Waals surface area contributed by atoms with Crippen molar-refractivity contribution < 1.29 is 14.7 Å². The minimum Gasteiger partial charge on any atom is -0.476 e. The minimum atomic E-state index is -1.03. The molecule has 1 fully saturated rings. The van der Waals surface area contributed by atoms with Crippen molar-refractivity contribution in [1.82, 2.24) is 19.9 Å². The highest BCUT2D eigenvalue weighted by atomic mass is 16.4. The summed E-state index contributed by atoms with van der Waals surface area (Å²) >= 11 is 0. The Hall–Kier alpha value is -1.92. The Morgan fingerprint density at radius 3 is 2.52 bits per heavy atom. The Balaban J connectivity index is 1.95. The number of carboxylic acid groups (broad SMARTS) is 1. The first kappa shape index (κ1) is 15.5. The van der Waals surface area contributed by atoms with Crippen LogP contribution in [-0.4, -0.2) is 50.0 Å². The van der Waals surface area contributed by atoms with Crippen LogP contribution in [0.4, 0.5) is 0 Å². The van der Waals surface area contributed by atoms with E-state index in [2.05, 4.69) is 10.3 Å². The van der Waals surface area contributed by atoms with Crippen molar-refractivity contribution in [3.05, 3.63) is 11.4 Å². The molecule has 7 nitrogen and oxygen atoms in total. The number of rotatable bonds is 8. The standard InChI is InChI=1S/C14H22N4O3/c1-3-17(4-2)11(19)6-5-9-18-13(10-7-8-10)12(14(20)21)15-16-18/h10H,3-9H2,1-2H3,(H,20,21). The van der Waals surface area contributed by atoms with E-state index >= 15 is 0 Å². The first-order chi connectivity index (χ1) is 10.1. The predicted octanol–water partition coefficient (Wildman–Crippen LogP) is 1.50. The van der Waals surface area contributed by atoms with Gasteiger partial charge in [-0.3, -0.25) is 4.79 Å². The molecule has 1 aliphatic carbocycles. The van der Waals surface area contributed by atoms with Crippen LogP contribution in [0.2, 0.25) is 0 Å². The number of hydrogen-bond donors (Lipinski definition) is 1. The number of carbonyl (C=O) groups is 2. The molecule has 1 aromatic heterocycles. The average Bonchev–Trinajstić information content (AvgIpc) is 3.20. The van der Waals surface area contributed by atoms with Crippen molar-refractivity contribution in [3.8, 4) is 0 Å². The van der Waals surface area contributed by atoms with Crippen molar-refractivity contribution in [3.63, 3.8) is 0 Å². The lowest BCUT2D eigenvalue weighted by molar-refractivity contribution is -0.130. The van der Waals surface area contributed by atoms with E-state index in [9.17, 15) is 9.59 Å². The van der Waals surface area contributed by atoms with Crippen LogP contribution >= 0.6 is 0 Å². The fourth-order valence-electron chi connectivity index (χ4n) is 2.51. The summed E-state index contributed by atoms with van der Waals surface area (Å²) in [6.45, 7) is 5.90. The van der Waals surface area contributed by atoms with Crippen LogP contribution in [0.1, 0.15) is 61.6 Å². The molecule has 0 radical (unpaired) electrons. The summed E-state index contributed by atoms with van der Waals surface area (Å²) < 4.78 is 1.66. The van der Waals surface area contributed by atoms with Gasteiger partial charge in [0, 0.05) is 32.0 Å². The molecular formula is C14H22N4O3. The Kier molecular flexibility index (Phi) is 4.93. The van der Waals surface area contributed by atoms with Gasteiger partial charge in [-0.1, -0.05) is 5.21 Å². The van der Waals surface area contributed by atoms with E-state index in [-0.39, 0.29) is 17.5 Å². The van der Waals surface area contributed by atoms with Gasteiger partial charge in [0.25, 0.3) is 0 Å². The van der Waals surface area contributed by atoms with Crippen molar-refractivity contribution in [2.24, 2.45) is 0 Å². The van der Waals surface area contributed by atoms with Gasteiger partial charge in [-0.25, -0.2) is 9.48 Å². The second-order valence-electron chi connectivity index (χ2n) is 5.30. The van der Waals surface area contributed by atoms with Gasteiger partial charge in [-0.15, -0.1) is 5.10 Å². The van der Waals surface area contributed by atoms with Gasteiger partial charge in [0.15, 0.2) is 5.69 Å². The molecule has 0 saturated heterocycles. The van der Waals surface area contributed by atoms with Crippen LogP contribution in [0.5, 0.6) is 0 Å². The lowest BCUT2D eigenvalue weighted by Crippen LogP contribution is -2.30. The number of aromatic carboxylic acids is 1. The van der Waals surface area contributed by atoms with Gasteiger partial charge in [-0.05, 0) is 33.1 Å². The molecular weight excluding hydrogens is 272 g/mol. The van der Waals surface area contributed by atoms with E-state index in [1.807, 2.05) is 13.8 Å². The van der Waals surface area contributed by atoms with E-state index in [1.54, 1.807) is 9.58 Å². The maximum atomic E-state index is 11.9. The normalized spacial score (nSPS) is 14.2. The smallest absolute Gasteiger partial charge is 0.358 e. The molecule has 2 rings (SSSR count). The van der Waals surface area contributed by atoms with Crippen LogP contribution in [0.3, 0.4) is 0 Å². The number of carbonyl (C=O) groups excluding carboxylic acids is 1. The summed E-state index contributed by atoms with van der Waals surface area (Å²) in [6.07, 6.45) is 3.09. The lowest BCUT2D eigenvalue weighted by atomic mass is 10.2. The highest BCUT2D eigenvalue weighted by molar-refractivity contribution is 5.86. The van der Waals surface area contributed by atoms with Crippen LogP contribution in [0.25, 0.3) is 0 Å². The Morgan fingerprint density at radius 1 is 1.33 bits per heavy atom. The molecule has 1 amide bonds. The van der Waals surface area contributed by atoms with Gasteiger partial charge in [0.05, 0.1) is 5.69 Å². The SMILES string of the molecule is CCN(CC)C(=O)CCCn1nnc(C(=O)O)c1C1CC1. The zero-order valence-electron chi connectivity index (χ0n) is 12.6. The molecule has 1 saturated carbocycles. The summed E-state index contributed by atoms with van der Waals surface area (Å²) in [7, 11) is 0. The number of amides is 1. The molecule has 116 valence electrons. The van der Waals surface area contributed by atoms with E-state index in [0.717, 1.165) is 31.6 Å². The van der Waals surface area contributed by atoms with E-state index < -0.39 is 5.97 Å².